The Morgan fingerprint density at radius 3 is 2.64 bits per heavy atom. The van der Waals surface area contributed by atoms with Gasteiger partial charge in [-0.1, -0.05) is 30.3 Å². The molecule has 1 aliphatic heterocycles. The molecule has 4 nitrogen and oxygen atoms in total. The lowest BCUT2D eigenvalue weighted by atomic mass is 9.87. The predicted octanol–water partition coefficient (Wildman–Crippen LogP) is 3.48. The third-order valence-electron chi connectivity index (χ3n) is 3.83. The highest BCUT2D eigenvalue weighted by Crippen LogP contribution is 2.44. The molecule has 0 radical (unpaired) electrons. The summed E-state index contributed by atoms with van der Waals surface area (Å²) in [5.41, 5.74) is 1.96. The van der Waals surface area contributed by atoms with Gasteiger partial charge in [0, 0.05) is 18.6 Å². The van der Waals surface area contributed by atoms with Gasteiger partial charge in [-0.25, -0.2) is 0 Å². The molecule has 0 aromatic heterocycles. The molecule has 3 rings (SSSR count). The Kier molecular flexibility index (Phi) is 4.00. The van der Waals surface area contributed by atoms with Crippen molar-refractivity contribution in [2.24, 2.45) is 0 Å². The minimum absolute atomic E-state index is 0.0222. The fourth-order valence-corrected chi connectivity index (χ4v) is 2.78. The van der Waals surface area contributed by atoms with Crippen molar-refractivity contribution < 1.29 is 19.0 Å². The Labute approximate surface area is 129 Å². The highest BCUT2D eigenvalue weighted by atomic mass is 16.6. The highest BCUT2D eigenvalue weighted by Gasteiger charge is 2.34. The van der Waals surface area contributed by atoms with E-state index in [0.717, 1.165) is 16.9 Å². The first-order valence-electron chi connectivity index (χ1n) is 7.22. The molecule has 4 heteroatoms. The number of carbonyl (C=O) groups excluding carboxylic acids is 1. The molecule has 0 unspecified atom stereocenters. The number of rotatable bonds is 3. The maximum absolute atomic E-state index is 11.5. The van der Waals surface area contributed by atoms with Crippen LogP contribution < -0.4 is 9.47 Å². The first-order chi connectivity index (χ1) is 10.7. The molecule has 0 spiro atoms. The van der Waals surface area contributed by atoms with Crippen molar-refractivity contribution in [3.63, 3.8) is 0 Å². The van der Waals surface area contributed by atoms with Gasteiger partial charge in [0.25, 0.3) is 0 Å². The van der Waals surface area contributed by atoms with Gasteiger partial charge in [-0.3, -0.25) is 4.79 Å². The molecule has 2 aromatic rings. The Balaban J connectivity index is 2.01. The molecule has 1 heterocycles. The van der Waals surface area contributed by atoms with Crippen LogP contribution in [0.25, 0.3) is 0 Å². The highest BCUT2D eigenvalue weighted by molar-refractivity contribution is 5.67. The zero-order valence-electron chi connectivity index (χ0n) is 12.6. The molecule has 0 aliphatic carbocycles. The lowest BCUT2D eigenvalue weighted by Crippen LogP contribution is -2.27. The molecule has 0 saturated carbocycles. The van der Waals surface area contributed by atoms with Gasteiger partial charge >= 0.3 is 5.97 Å². The van der Waals surface area contributed by atoms with Crippen LogP contribution in [-0.2, 0) is 9.53 Å². The summed E-state index contributed by atoms with van der Waals surface area (Å²) in [5, 5.41) is 0. The summed E-state index contributed by atoms with van der Waals surface area (Å²) in [6, 6.07) is 15.5. The van der Waals surface area contributed by atoms with Crippen LogP contribution in [-0.4, -0.2) is 19.7 Å². The van der Waals surface area contributed by atoms with Crippen molar-refractivity contribution in [1.82, 2.24) is 0 Å². The van der Waals surface area contributed by atoms with Crippen LogP contribution >= 0.6 is 0 Å². The SMILES string of the molecule is COc1ccc2c(c1)OC[C@H](c1ccccc1)[C@@H]2OC(C)=O. The molecule has 1 aliphatic rings. The van der Waals surface area contributed by atoms with Crippen LogP contribution in [0.4, 0.5) is 0 Å². The van der Waals surface area contributed by atoms with Crippen LogP contribution in [0.5, 0.6) is 11.5 Å². The second-order valence-corrected chi connectivity index (χ2v) is 5.26. The largest absolute Gasteiger partial charge is 0.497 e. The third-order valence-corrected chi connectivity index (χ3v) is 3.83. The maximum atomic E-state index is 11.5. The van der Waals surface area contributed by atoms with Gasteiger partial charge in [0.05, 0.1) is 19.6 Å². The number of ether oxygens (including phenoxy) is 3. The fourth-order valence-electron chi connectivity index (χ4n) is 2.78. The standard InChI is InChI=1S/C18H18O4/c1-12(19)22-18-15-9-8-14(20-2)10-17(15)21-11-16(18)13-6-4-3-5-7-13/h3-10,16,18H,11H2,1-2H3/t16-,18-/m1/s1. The Morgan fingerprint density at radius 1 is 1.18 bits per heavy atom. The molecule has 22 heavy (non-hydrogen) atoms. The normalized spacial score (nSPS) is 19.7. The zero-order valence-corrected chi connectivity index (χ0v) is 12.6. The second-order valence-electron chi connectivity index (χ2n) is 5.26. The van der Waals surface area contributed by atoms with Crippen LogP contribution in [0.1, 0.15) is 30.1 Å². The molecular formula is C18H18O4. The van der Waals surface area contributed by atoms with Crippen LogP contribution in [0, 0.1) is 0 Å². The Bertz CT molecular complexity index is 666. The summed E-state index contributed by atoms with van der Waals surface area (Å²) in [4.78, 5) is 11.5. The minimum atomic E-state index is -0.352. The van der Waals surface area contributed by atoms with E-state index in [1.54, 1.807) is 7.11 Å². The van der Waals surface area contributed by atoms with Gasteiger partial charge in [-0.15, -0.1) is 0 Å². The second kappa shape index (κ2) is 6.10. The third kappa shape index (κ3) is 2.77. The monoisotopic (exact) mass is 298 g/mol. The summed E-state index contributed by atoms with van der Waals surface area (Å²) in [5.74, 6) is 1.11. The number of fused-ring (bicyclic) bond motifs is 1. The molecule has 114 valence electrons. The van der Waals surface area contributed by atoms with E-state index in [9.17, 15) is 4.79 Å². The number of carbonyl (C=O) groups is 1. The van der Waals surface area contributed by atoms with E-state index < -0.39 is 0 Å². The maximum Gasteiger partial charge on any atom is 0.303 e. The van der Waals surface area contributed by atoms with Crippen molar-refractivity contribution in [3.05, 3.63) is 59.7 Å². The zero-order chi connectivity index (χ0) is 15.5. The van der Waals surface area contributed by atoms with E-state index in [4.69, 9.17) is 14.2 Å². The van der Waals surface area contributed by atoms with Gasteiger partial charge in [0.1, 0.15) is 17.6 Å². The fraction of sp³-hybridized carbons (Fsp3) is 0.278. The number of esters is 1. The lowest BCUT2D eigenvalue weighted by molar-refractivity contribution is -0.149. The van der Waals surface area contributed by atoms with Crippen molar-refractivity contribution in [3.8, 4) is 11.5 Å². The Hall–Kier alpha value is -2.49. The van der Waals surface area contributed by atoms with E-state index in [1.807, 2.05) is 48.5 Å². The summed E-state index contributed by atoms with van der Waals surface area (Å²) in [7, 11) is 1.61. The van der Waals surface area contributed by atoms with E-state index in [0.29, 0.717) is 12.4 Å². The lowest BCUT2D eigenvalue weighted by Gasteiger charge is -2.33. The summed E-state index contributed by atoms with van der Waals surface area (Å²) < 4.78 is 16.7. The molecule has 0 N–H and O–H groups in total. The van der Waals surface area contributed by atoms with Crippen molar-refractivity contribution >= 4 is 5.97 Å². The van der Waals surface area contributed by atoms with Crippen molar-refractivity contribution in [2.45, 2.75) is 18.9 Å². The van der Waals surface area contributed by atoms with Crippen LogP contribution in [0.2, 0.25) is 0 Å². The van der Waals surface area contributed by atoms with Crippen molar-refractivity contribution in [2.75, 3.05) is 13.7 Å². The quantitative estimate of drug-likeness (QED) is 0.814. The molecule has 2 atom stereocenters. The van der Waals surface area contributed by atoms with Gasteiger partial charge in [-0.05, 0) is 17.7 Å². The topological polar surface area (TPSA) is 44.8 Å². The van der Waals surface area contributed by atoms with E-state index in [1.165, 1.54) is 6.92 Å². The number of hydrogen-bond acceptors (Lipinski definition) is 4. The number of benzene rings is 2. The Morgan fingerprint density at radius 2 is 1.95 bits per heavy atom. The van der Waals surface area contributed by atoms with Gasteiger partial charge in [-0.2, -0.15) is 0 Å². The van der Waals surface area contributed by atoms with Gasteiger partial charge < -0.3 is 14.2 Å². The molecule has 0 saturated heterocycles. The van der Waals surface area contributed by atoms with Gasteiger partial charge in [0.15, 0.2) is 0 Å². The average molecular weight is 298 g/mol. The van der Waals surface area contributed by atoms with E-state index >= 15 is 0 Å². The minimum Gasteiger partial charge on any atom is -0.497 e. The molecule has 0 bridgehead atoms. The van der Waals surface area contributed by atoms with Crippen LogP contribution in [0.3, 0.4) is 0 Å². The van der Waals surface area contributed by atoms with Crippen molar-refractivity contribution in [1.29, 1.82) is 0 Å². The smallest absolute Gasteiger partial charge is 0.303 e. The first kappa shape index (κ1) is 14.4. The van der Waals surface area contributed by atoms with Gasteiger partial charge in [0.2, 0.25) is 0 Å². The van der Waals surface area contributed by atoms with Crippen LogP contribution in [0.15, 0.2) is 48.5 Å². The summed E-state index contributed by atoms with van der Waals surface area (Å²) in [6.07, 6.45) is -0.352. The van der Waals surface area contributed by atoms with E-state index in [2.05, 4.69) is 0 Å². The molecular weight excluding hydrogens is 280 g/mol. The predicted molar refractivity (Wildman–Crippen MR) is 82.2 cm³/mol. The molecule has 0 amide bonds. The molecule has 0 fully saturated rings. The first-order valence-corrected chi connectivity index (χ1v) is 7.22. The molecule has 2 aromatic carbocycles. The summed E-state index contributed by atoms with van der Waals surface area (Å²) >= 11 is 0. The number of methoxy groups -OCH3 is 1. The average Bonchev–Trinajstić information content (AvgIpc) is 2.55. The summed E-state index contributed by atoms with van der Waals surface area (Å²) in [6.45, 7) is 1.89. The van der Waals surface area contributed by atoms with E-state index in [-0.39, 0.29) is 18.0 Å². The number of hydrogen-bond donors (Lipinski definition) is 0.